The number of rotatable bonds is 6. The van der Waals surface area contributed by atoms with E-state index in [1.165, 1.54) is 5.56 Å². The fourth-order valence-electron chi connectivity index (χ4n) is 4.05. The molecule has 1 aliphatic heterocycles. The second kappa shape index (κ2) is 9.18. The highest BCUT2D eigenvalue weighted by molar-refractivity contribution is 5.95. The van der Waals surface area contributed by atoms with Crippen LogP contribution in [0.15, 0.2) is 60.7 Å². The maximum Gasteiger partial charge on any atom is 0.229 e. The second-order valence-corrected chi connectivity index (χ2v) is 8.00. The summed E-state index contributed by atoms with van der Waals surface area (Å²) in [5.74, 6) is 0.247. The van der Waals surface area contributed by atoms with Crippen LogP contribution >= 0.6 is 0 Å². The van der Waals surface area contributed by atoms with E-state index in [-0.39, 0.29) is 11.8 Å². The molecule has 2 aromatic rings. The van der Waals surface area contributed by atoms with E-state index in [0.717, 1.165) is 38.0 Å². The van der Waals surface area contributed by atoms with Crippen molar-refractivity contribution in [1.29, 1.82) is 0 Å². The number of likely N-dealkylation sites (tertiary alicyclic amines) is 1. The number of amides is 1. The van der Waals surface area contributed by atoms with Crippen LogP contribution in [-0.4, -0.2) is 36.0 Å². The highest BCUT2D eigenvalue weighted by Crippen LogP contribution is 2.26. The predicted molar refractivity (Wildman–Crippen MR) is 113 cm³/mol. The molecule has 0 aromatic heterocycles. The van der Waals surface area contributed by atoms with Crippen LogP contribution in [0, 0.1) is 5.92 Å². The lowest BCUT2D eigenvalue weighted by atomic mass is 9.97. The van der Waals surface area contributed by atoms with Crippen LogP contribution in [0.5, 0.6) is 0 Å². The SMILES string of the molecule is CC(C)C(=O)N(c1ccccc1)C1CCN(C(C)Cc2ccccc2)CC1. The van der Waals surface area contributed by atoms with Crippen molar-refractivity contribution in [2.45, 2.75) is 52.1 Å². The minimum absolute atomic E-state index is 0.0141. The molecule has 3 rings (SSSR count). The third-order valence-corrected chi connectivity index (χ3v) is 5.63. The third kappa shape index (κ3) is 4.98. The van der Waals surface area contributed by atoms with Gasteiger partial charge in [-0.2, -0.15) is 0 Å². The minimum atomic E-state index is 0.0141. The Hall–Kier alpha value is -2.13. The number of hydrogen-bond donors (Lipinski definition) is 0. The summed E-state index contributed by atoms with van der Waals surface area (Å²) in [6, 6.07) is 21.7. The molecular weight excluding hydrogens is 332 g/mol. The van der Waals surface area contributed by atoms with Gasteiger partial charge in [0.15, 0.2) is 0 Å². The van der Waals surface area contributed by atoms with Gasteiger partial charge in [-0.3, -0.25) is 4.79 Å². The summed E-state index contributed by atoms with van der Waals surface area (Å²) in [6.07, 6.45) is 3.15. The molecule has 0 bridgehead atoms. The predicted octanol–water partition coefficient (Wildman–Crippen LogP) is 4.77. The fourth-order valence-corrected chi connectivity index (χ4v) is 4.05. The standard InChI is InChI=1S/C24H32N2O/c1-19(2)24(27)26(22-12-8-5-9-13-22)23-14-16-25(17-15-23)20(3)18-21-10-6-4-7-11-21/h4-13,19-20,23H,14-18H2,1-3H3. The maximum atomic E-state index is 12.9. The van der Waals surface area contributed by atoms with Gasteiger partial charge in [-0.25, -0.2) is 0 Å². The maximum absolute atomic E-state index is 12.9. The first-order valence-corrected chi connectivity index (χ1v) is 10.2. The molecule has 0 radical (unpaired) electrons. The number of benzene rings is 2. The summed E-state index contributed by atoms with van der Waals surface area (Å²) < 4.78 is 0. The molecule has 3 heteroatoms. The van der Waals surface area contributed by atoms with E-state index >= 15 is 0 Å². The lowest BCUT2D eigenvalue weighted by Crippen LogP contribution is -2.50. The quantitative estimate of drug-likeness (QED) is 0.737. The van der Waals surface area contributed by atoms with Crippen molar-refractivity contribution in [3.8, 4) is 0 Å². The number of anilines is 1. The van der Waals surface area contributed by atoms with Crippen molar-refractivity contribution >= 4 is 11.6 Å². The van der Waals surface area contributed by atoms with Crippen LogP contribution in [0.2, 0.25) is 0 Å². The van der Waals surface area contributed by atoms with E-state index in [9.17, 15) is 4.79 Å². The van der Waals surface area contributed by atoms with E-state index in [0.29, 0.717) is 12.1 Å². The molecular formula is C24H32N2O. The number of piperidine rings is 1. The first-order valence-electron chi connectivity index (χ1n) is 10.2. The summed E-state index contributed by atoms with van der Waals surface area (Å²) in [4.78, 5) is 17.5. The molecule has 1 fully saturated rings. The lowest BCUT2D eigenvalue weighted by molar-refractivity contribution is -0.122. The van der Waals surface area contributed by atoms with E-state index in [1.54, 1.807) is 0 Å². The van der Waals surface area contributed by atoms with Gasteiger partial charge in [0, 0.05) is 36.8 Å². The van der Waals surface area contributed by atoms with E-state index < -0.39 is 0 Å². The molecule has 0 N–H and O–H groups in total. The number of nitrogens with zero attached hydrogens (tertiary/aromatic N) is 2. The minimum Gasteiger partial charge on any atom is -0.309 e. The Morgan fingerprint density at radius 2 is 1.52 bits per heavy atom. The molecule has 0 aliphatic carbocycles. The molecule has 27 heavy (non-hydrogen) atoms. The molecule has 1 atom stereocenters. The van der Waals surface area contributed by atoms with Gasteiger partial charge in [-0.1, -0.05) is 62.4 Å². The van der Waals surface area contributed by atoms with Crippen LogP contribution < -0.4 is 4.90 Å². The van der Waals surface area contributed by atoms with E-state index in [1.807, 2.05) is 32.0 Å². The van der Waals surface area contributed by atoms with Gasteiger partial charge in [-0.15, -0.1) is 0 Å². The van der Waals surface area contributed by atoms with E-state index in [2.05, 4.69) is 59.2 Å². The zero-order valence-electron chi connectivity index (χ0n) is 16.8. The van der Waals surface area contributed by atoms with Crippen molar-refractivity contribution in [2.24, 2.45) is 5.92 Å². The zero-order valence-corrected chi connectivity index (χ0v) is 16.8. The number of carbonyl (C=O) groups is 1. The molecule has 2 aromatic carbocycles. The molecule has 1 unspecified atom stereocenters. The summed E-state index contributed by atoms with van der Waals surface area (Å²) in [5, 5.41) is 0. The Balaban J connectivity index is 1.64. The molecule has 0 spiro atoms. The molecule has 1 amide bonds. The number of hydrogen-bond acceptors (Lipinski definition) is 2. The topological polar surface area (TPSA) is 23.6 Å². The highest BCUT2D eigenvalue weighted by atomic mass is 16.2. The van der Waals surface area contributed by atoms with Crippen molar-refractivity contribution in [2.75, 3.05) is 18.0 Å². The van der Waals surface area contributed by atoms with Gasteiger partial charge in [0.05, 0.1) is 0 Å². The van der Waals surface area contributed by atoms with Crippen LogP contribution in [0.3, 0.4) is 0 Å². The van der Waals surface area contributed by atoms with Crippen molar-refractivity contribution < 1.29 is 4.79 Å². The number of carbonyl (C=O) groups excluding carboxylic acids is 1. The Morgan fingerprint density at radius 1 is 0.963 bits per heavy atom. The summed E-state index contributed by atoms with van der Waals surface area (Å²) in [6.45, 7) is 8.41. The molecule has 1 heterocycles. The largest absolute Gasteiger partial charge is 0.309 e. The van der Waals surface area contributed by atoms with Gasteiger partial charge < -0.3 is 9.80 Å². The van der Waals surface area contributed by atoms with Gasteiger partial charge >= 0.3 is 0 Å². The van der Waals surface area contributed by atoms with Crippen molar-refractivity contribution in [3.63, 3.8) is 0 Å². The molecule has 1 aliphatic rings. The van der Waals surface area contributed by atoms with Crippen molar-refractivity contribution in [3.05, 3.63) is 66.2 Å². The van der Waals surface area contributed by atoms with Gasteiger partial charge in [0.1, 0.15) is 0 Å². The van der Waals surface area contributed by atoms with Gasteiger partial charge in [-0.05, 0) is 43.9 Å². The van der Waals surface area contributed by atoms with Crippen molar-refractivity contribution in [1.82, 2.24) is 4.90 Å². The monoisotopic (exact) mass is 364 g/mol. The molecule has 3 nitrogen and oxygen atoms in total. The van der Waals surface area contributed by atoms with E-state index in [4.69, 9.17) is 0 Å². The second-order valence-electron chi connectivity index (χ2n) is 8.00. The number of para-hydroxylation sites is 1. The Morgan fingerprint density at radius 3 is 2.07 bits per heavy atom. The fraction of sp³-hybridized carbons (Fsp3) is 0.458. The average Bonchev–Trinajstić information content (AvgIpc) is 2.70. The smallest absolute Gasteiger partial charge is 0.229 e. The Bertz CT molecular complexity index is 706. The normalized spacial score (nSPS) is 17.0. The Kier molecular flexibility index (Phi) is 6.68. The third-order valence-electron chi connectivity index (χ3n) is 5.63. The van der Waals surface area contributed by atoms with Crippen LogP contribution in [0.1, 0.15) is 39.2 Å². The molecule has 1 saturated heterocycles. The summed E-state index contributed by atoms with van der Waals surface area (Å²) in [7, 11) is 0. The van der Waals surface area contributed by atoms with Gasteiger partial charge in [0.25, 0.3) is 0 Å². The van der Waals surface area contributed by atoms with Crippen LogP contribution in [0.4, 0.5) is 5.69 Å². The summed E-state index contributed by atoms with van der Waals surface area (Å²) >= 11 is 0. The first kappa shape index (κ1) is 19.6. The van der Waals surface area contributed by atoms with Crippen LogP contribution in [-0.2, 0) is 11.2 Å². The van der Waals surface area contributed by atoms with Gasteiger partial charge in [0.2, 0.25) is 5.91 Å². The molecule has 0 saturated carbocycles. The zero-order chi connectivity index (χ0) is 19.2. The summed E-state index contributed by atoms with van der Waals surface area (Å²) in [5.41, 5.74) is 2.43. The van der Waals surface area contributed by atoms with Crippen LogP contribution in [0.25, 0.3) is 0 Å². The lowest BCUT2D eigenvalue weighted by Gasteiger charge is -2.41. The average molecular weight is 365 g/mol. The highest BCUT2D eigenvalue weighted by Gasteiger charge is 2.31. The Labute approximate surface area is 164 Å². The molecule has 144 valence electrons. The first-order chi connectivity index (χ1) is 13.1.